The van der Waals surface area contributed by atoms with E-state index >= 15 is 0 Å². The number of fused-ring (bicyclic) bond motifs is 1. The normalized spacial score (nSPS) is 12.1. The van der Waals surface area contributed by atoms with E-state index in [0.29, 0.717) is 12.5 Å². The van der Waals surface area contributed by atoms with Crippen molar-refractivity contribution >= 4 is 17.0 Å². The highest BCUT2D eigenvalue weighted by Gasteiger charge is 2.07. The summed E-state index contributed by atoms with van der Waals surface area (Å²) < 4.78 is 2.10. The number of rotatable bonds is 5. The molecule has 0 radical (unpaired) electrons. The molecule has 0 aliphatic carbocycles. The highest BCUT2D eigenvalue weighted by molar-refractivity contribution is 5.80. The first-order valence-electron chi connectivity index (χ1n) is 7.54. The summed E-state index contributed by atoms with van der Waals surface area (Å²) in [5, 5.41) is 6.61. The van der Waals surface area contributed by atoms with Crippen molar-refractivity contribution < 1.29 is 0 Å². The van der Waals surface area contributed by atoms with Gasteiger partial charge in [0.2, 0.25) is 0 Å². The van der Waals surface area contributed by atoms with Gasteiger partial charge in [0.25, 0.3) is 0 Å². The molecule has 0 spiro atoms. The van der Waals surface area contributed by atoms with Gasteiger partial charge in [-0.05, 0) is 25.0 Å². The minimum absolute atomic E-state index is 0.568. The molecule has 0 aliphatic rings. The Labute approximate surface area is 126 Å². The number of nitrogens with zero attached hydrogens (tertiary/aromatic N) is 3. The number of hydrogen-bond acceptors (Lipinski definition) is 2. The first-order chi connectivity index (χ1) is 10.1. The lowest BCUT2D eigenvalue weighted by atomic mass is 10.2. The average molecular weight is 287 g/mol. The van der Waals surface area contributed by atoms with Crippen LogP contribution in [0.1, 0.15) is 26.6 Å². The van der Waals surface area contributed by atoms with Gasteiger partial charge in [0.1, 0.15) is 12.4 Å². The summed E-state index contributed by atoms with van der Waals surface area (Å²) in [5.41, 5.74) is 2.16. The molecule has 114 valence electrons. The number of aryl methyl sites for hydroxylation is 1. The first-order valence-corrected chi connectivity index (χ1v) is 7.54. The largest absolute Gasteiger partial charge is 0.357 e. The molecule has 0 saturated heterocycles. The van der Waals surface area contributed by atoms with Crippen LogP contribution in [0, 0.1) is 5.92 Å². The van der Waals surface area contributed by atoms with Crippen molar-refractivity contribution in [1.82, 2.24) is 20.2 Å². The van der Waals surface area contributed by atoms with E-state index in [9.17, 15) is 0 Å². The number of hydrogen-bond donors (Lipinski definition) is 2. The van der Waals surface area contributed by atoms with Gasteiger partial charge in [0.05, 0.1) is 11.0 Å². The van der Waals surface area contributed by atoms with E-state index in [1.54, 1.807) is 0 Å². The van der Waals surface area contributed by atoms with Crippen LogP contribution in [0.2, 0.25) is 0 Å². The Bertz CT molecular complexity index is 612. The zero-order valence-electron chi connectivity index (χ0n) is 13.3. The average Bonchev–Trinajstić information content (AvgIpc) is 2.79. The lowest BCUT2D eigenvalue weighted by molar-refractivity contribution is 0.614. The quantitative estimate of drug-likeness (QED) is 0.655. The van der Waals surface area contributed by atoms with Crippen molar-refractivity contribution in [2.75, 3.05) is 13.1 Å². The fourth-order valence-electron chi connectivity index (χ4n) is 2.13. The molecule has 0 fully saturated rings. The van der Waals surface area contributed by atoms with E-state index in [4.69, 9.17) is 0 Å². The molecule has 0 amide bonds. The van der Waals surface area contributed by atoms with Crippen LogP contribution in [0.4, 0.5) is 0 Å². The molecule has 0 aliphatic heterocycles. The van der Waals surface area contributed by atoms with E-state index in [1.165, 1.54) is 0 Å². The third-order valence-corrected chi connectivity index (χ3v) is 3.28. The molecule has 1 heterocycles. The van der Waals surface area contributed by atoms with Crippen molar-refractivity contribution in [3.8, 4) is 0 Å². The monoisotopic (exact) mass is 287 g/mol. The third-order valence-electron chi connectivity index (χ3n) is 3.28. The maximum Gasteiger partial charge on any atom is 0.191 e. The molecule has 2 N–H and O–H groups in total. The van der Waals surface area contributed by atoms with Crippen molar-refractivity contribution in [1.29, 1.82) is 0 Å². The van der Waals surface area contributed by atoms with Crippen LogP contribution in [0.25, 0.3) is 11.0 Å². The van der Waals surface area contributed by atoms with Gasteiger partial charge >= 0.3 is 0 Å². The molecule has 5 nitrogen and oxygen atoms in total. The Balaban J connectivity index is 2.13. The molecule has 0 unspecified atom stereocenters. The fourth-order valence-corrected chi connectivity index (χ4v) is 2.13. The second-order valence-electron chi connectivity index (χ2n) is 5.55. The third kappa shape index (κ3) is 3.97. The van der Waals surface area contributed by atoms with Crippen LogP contribution < -0.4 is 10.6 Å². The van der Waals surface area contributed by atoms with Gasteiger partial charge in [-0.3, -0.25) is 0 Å². The topological polar surface area (TPSA) is 54.2 Å². The second kappa shape index (κ2) is 7.11. The van der Waals surface area contributed by atoms with Crippen LogP contribution in [0.5, 0.6) is 0 Å². The highest BCUT2D eigenvalue weighted by atomic mass is 15.2. The number of nitrogens with one attached hydrogen (secondary N) is 2. The summed E-state index contributed by atoms with van der Waals surface area (Å²) in [4.78, 5) is 9.26. The maximum atomic E-state index is 4.64. The number of guanidine groups is 1. The molecule has 21 heavy (non-hydrogen) atoms. The number of para-hydroxylation sites is 2. The summed E-state index contributed by atoms with van der Waals surface area (Å²) in [6, 6.07) is 8.16. The van der Waals surface area contributed by atoms with Crippen LogP contribution >= 0.6 is 0 Å². The Morgan fingerprint density at radius 1 is 1.29 bits per heavy atom. The first kappa shape index (κ1) is 15.4. The summed E-state index contributed by atoms with van der Waals surface area (Å²) in [5.74, 6) is 2.40. The standard InChI is InChI=1S/C16H25N5/c1-5-17-16(18-10-12(2)3)19-11-15-20-13-8-6-7-9-14(13)21(15)4/h6-9,12H,5,10-11H2,1-4H3,(H2,17,18,19). The molecule has 0 atom stereocenters. The van der Waals surface area contributed by atoms with Crippen molar-refractivity contribution in [3.63, 3.8) is 0 Å². The summed E-state index contributed by atoms with van der Waals surface area (Å²) >= 11 is 0. The van der Waals surface area contributed by atoms with Crippen LogP contribution in [0.3, 0.4) is 0 Å². The SMILES string of the molecule is CCNC(=NCc1nc2ccccc2n1C)NCC(C)C. The predicted octanol–water partition coefficient (Wildman–Crippen LogP) is 2.28. The van der Waals surface area contributed by atoms with Gasteiger partial charge in [-0.1, -0.05) is 26.0 Å². The van der Waals surface area contributed by atoms with Gasteiger partial charge in [0.15, 0.2) is 5.96 Å². The Morgan fingerprint density at radius 3 is 2.71 bits per heavy atom. The van der Waals surface area contributed by atoms with E-state index in [0.717, 1.165) is 35.9 Å². The van der Waals surface area contributed by atoms with Gasteiger partial charge in [-0.2, -0.15) is 0 Å². The minimum atomic E-state index is 0.568. The predicted molar refractivity (Wildman–Crippen MR) is 88.4 cm³/mol. The molecular formula is C16H25N5. The molecule has 0 bridgehead atoms. The maximum absolute atomic E-state index is 4.64. The van der Waals surface area contributed by atoms with Crippen LogP contribution in [0.15, 0.2) is 29.3 Å². The fraction of sp³-hybridized carbons (Fsp3) is 0.500. The Morgan fingerprint density at radius 2 is 2.05 bits per heavy atom. The number of imidazole rings is 1. The van der Waals surface area contributed by atoms with Gasteiger partial charge in [-0.25, -0.2) is 9.98 Å². The van der Waals surface area contributed by atoms with Gasteiger partial charge < -0.3 is 15.2 Å². The zero-order valence-corrected chi connectivity index (χ0v) is 13.3. The van der Waals surface area contributed by atoms with Crippen molar-refractivity contribution in [3.05, 3.63) is 30.1 Å². The van der Waals surface area contributed by atoms with E-state index in [2.05, 4.69) is 52.0 Å². The van der Waals surface area contributed by atoms with E-state index in [-0.39, 0.29) is 0 Å². The summed E-state index contributed by atoms with van der Waals surface area (Å²) in [7, 11) is 2.04. The van der Waals surface area contributed by atoms with Crippen LogP contribution in [-0.4, -0.2) is 28.6 Å². The molecule has 1 aromatic heterocycles. The number of aliphatic imine (C=N–C) groups is 1. The Kier molecular flexibility index (Phi) is 5.20. The van der Waals surface area contributed by atoms with Gasteiger partial charge in [-0.15, -0.1) is 0 Å². The Hall–Kier alpha value is -2.04. The molecule has 0 saturated carbocycles. The van der Waals surface area contributed by atoms with Gasteiger partial charge in [0, 0.05) is 20.1 Å². The smallest absolute Gasteiger partial charge is 0.191 e. The molecule has 1 aromatic carbocycles. The summed E-state index contributed by atoms with van der Waals surface area (Å²) in [6.45, 7) is 8.77. The zero-order chi connectivity index (χ0) is 15.2. The molecule has 2 rings (SSSR count). The van der Waals surface area contributed by atoms with Crippen molar-refractivity contribution in [2.45, 2.75) is 27.3 Å². The molecule has 5 heteroatoms. The minimum Gasteiger partial charge on any atom is -0.357 e. The second-order valence-corrected chi connectivity index (χ2v) is 5.55. The number of aromatic nitrogens is 2. The lowest BCUT2D eigenvalue weighted by Crippen LogP contribution is -2.39. The summed E-state index contributed by atoms with van der Waals surface area (Å²) in [6.07, 6.45) is 0. The molecular weight excluding hydrogens is 262 g/mol. The van der Waals surface area contributed by atoms with Crippen molar-refractivity contribution in [2.24, 2.45) is 18.0 Å². The molecule has 2 aromatic rings. The highest BCUT2D eigenvalue weighted by Crippen LogP contribution is 2.14. The van der Waals surface area contributed by atoms with E-state index in [1.807, 2.05) is 25.2 Å². The van der Waals surface area contributed by atoms with Crippen LogP contribution in [-0.2, 0) is 13.6 Å². The lowest BCUT2D eigenvalue weighted by Gasteiger charge is -2.12. The van der Waals surface area contributed by atoms with E-state index < -0.39 is 0 Å². The number of benzene rings is 1.